The molecule has 2 aromatic rings. The van der Waals surface area contributed by atoms with Gasteiger partial charge in [-0.2, -0.15) is 13.2 Å². The summed E-state index contributed by atoms with van der Waals surface area (Å²) in [5.41, 5.74) is -0.334. The van der Waals surface area contributed by atoms with Crippen LogP contribution < -0.4 is 5.32 Å². The molecule has 0 unspecified atom stereocenters. The molecule has 1 aliphatic rings. The van der Waals surface area contributed by atoms with Crippen LogP contribution in [0.5, 0.6) is 0 Å². The summed E-state index contributed by atoms with van der Waals surface area (Å²) in [6, 6.07) is 3.60. The lowest BCUT2D eigenvalue weighted by Gasteiger charge is -2.21. The Morgan fingerprint density at radius 1 is 1.32 bits per heavy atom. The predicted molar refractivity (Wildman–Crippen MR) is 78.0 cm³/mol. The van der Waals surface area contributed by atoms with Gasteiger partial charge in [0.25, 0.3) is 0 Å². The van der Waals surface area contributed by atoms with Crippen molar-refractivity contribution >= 4 is 26.7 Å². The molecule has 0 amide bonds. The smallest absolute Gasteiger partial charge is 0.361 e. The molecule has 2 heterocycles. The molecule has 0 radical (unpaired) electrons. The van der Waals surface area contributed by atoms with E-state index in [1.54, 1.807) is 0 Å². The van der Waals surface area contributed by atoms with Crippen LogP contribution in [0.3, 0.4) is 0 Å². The van der Waals surface area contributed by atoms with Crippen LogP contribution in [0.2, 0.25) is 0 Å². The van der Waals surface area contributed by atoms with Gasteiger partial charge in [0, 0.05) is 13.0 Å². The Kier molecular flexibility index (Phi) is 4.00. The minimum absolute atomic E-state index is 0.349. The zero-order valence-corrected chi connectivity index (χ0v) is 12.7. The van der Waals surface area contributed by atoms with Gasteiger partial charge in [0.1, 0.15) is 0 Å². The topological polar surface area (TPSA) is 43.4 Å². The van der Waals surface area contributed by atoms with E-state index in [-0.39, 0.29) is 0 Å². The molecule has 1 aliphatic heterocycles. The lowest BCUT2D eigenvalue weighted by molar-refractivity contribution is -0.144. The highest BCUT2D eigenvalue weighted by molar-refractivity contribution is 7.22. The molecule has 3 rings (SSSR count). The van der Waals surface area contributed by atoms with Crippen molar-refractivity contribution in [2.24, 2.45) is 0 Å². The lowest BCUT2D eigenvalue weighted by atomic mass is 10.2. The summed E-state index contributed by atoms with van der Waals surface area (Å²) in [7, 11) is 0. The summed E-state index contributed by atoms with van der Waals surface area (Å²) in [6.45, 7) is 3.60. The van der Waals surface area contributed by atoms with Crippen LogP contribution in [0.4, 0.5) is 18.3 Å². The van der Waals surface area contributed by atoms with Crippen molar-refractivity contribution in [3.05, 3.63) is 23.8 Å². The molecule has 1 aromatic carbocycles. The van der Waals surface area contributed by atoms with Gasteiger partial charge in [-0.1, -0.05) is 11.3 Å². The first-order chi connectivity index (χ1) is 10.4. The fourth-order valence-electron chi connectivity index (χ4n) is 2.28. The van der Waals surface area contributed by atoms with E-state index in [0.717, 1.165) is 16.8 Å². The average Bonchev–Trinajstić information content (AvgIpc) is 3.03. The Bertz CT molecular complexity index is 666. The fourth-order valence-corrected chi connectivity index (χ4v) is 3.15. The van der Waals surface area contributed by atoms with Crippen LogP contribution >= 0.6 is 11.3 Å². The third kappa shape index (κ3) is 3.34. The summed E-state index contributed by atoms with van der Waals surface area (Å²) >= 11 is 1.33. The van der Waals surface area contributed by atoms with Gasteiger partial charge >= 0.3 is 6.18 Å². The van der Waals surface area contributed by atoms with Crippen molar-refractivity contribution in [3.63, 3.8) is 0 Å². The number of fused-ring (bicyclic) bond motifs is 1. The number of hydrogen-bond donors (Lipinski definition) is 1. The summed E-state index contributed by atoms with van der Waals surface area (Å²) < 4.78 is 49.7. The monoisotopic (exact) mass is 332 g/mol. The second-order valence-electron chi connectivity index (χ2n) is 5.21. The van der Waals surface area contributed by atoms with Crippen LogP contribution in [-0.2, 0) is 15.7 Å². The minimum atomic E-state index is -4.35. The molecule has 1 saturated heterocycles. The van der Waals surface area contributed by atoms with Gasteiger partial charge in [-0.05, 0) is 25.1 Å². The van der Waals surface area contributed by atoms with E-state index >= 15 is 0 Å². The lowest BCUT2D eigenvalue weighted by Crippen LogP contribution is -2.28. The van der Waals surface area contributed by atoms with Gasteiger partial charge in [-0.3, -0.25) is 0 Å². The molecule has 0 atom stereocenters. The first-order valence-corrected chi connectivity index (χ1v) is 7.67. The largest absolute Gasteiger partial charge is 0.416 e. The van der Waals surface area contributed by atoms with Gasteiger partial charge in [0.2, 0.25) is 0 Å². The van der Waals surface area contributed by atoms with Crippen LogP contribution in [0.15, 0.2) is 18.2 Å². The van der Waals surface area contributed by atoms with Gasteiger partial charge < -0.3 is 14.8 Å². The molecule has 0 aliphatic carbocycles. The predicted octanol–water partition coefficient (Wildman–Crippen LogP) is 3.88. The molecule has 1 aromatic heterocycles. The number of thiazole rings is 1. The zero-order valence-electron chi connectivity index (χ0n) is 11.9. The first kappa shape index (κ1) is 15.5. The van der Waals surface area contributed by atoms with Crippen molar-refractivity contribution in [3.8, 4) is 0 Å². The van der Waals surface area contributed by atoms with Crippen LogP contribution in [-0.4, -0.2) is 30.5 Å². The Labute approximate surface area is 129 Å². The van der Waals surface area contributed by atoms with E-state index in [1.807, 2.05) is 6.92 Å². The van der Waals surface area contributed by atoms with Gasteiger partial charge in [0.15, 0.2) is 10.9 Å². The number of nitrogens with one attached hydrogen (secondary N) is 1. The van der Waals surface area contributed by atoms with Crippen LogP contribution in [0, 0.1) is 0 Å². The summed E-state index contributed by atoms with van der Waals surface area (Å²) in [5, 5.41) is 3.70. The Balaban J connectivity index is 1.67. The van der Waals surface area contributed by atoms with Crippen LogP contribution in [0.25, 0.3) is 10.2 Å². The number of benzene rings is 1. The molecule has 1 fully saturated rings. The maximum atomic E-state index is 12.7. The standard InChI is InChI=1S/C14H15F3N2O2S/c1-13(20-6-7-21-13)4-5-18-12-19-10-8-9(14(15,16)17)2-3-11(10)22-12/h2-3,8H,4-7H2,1H3,(H,18,19). The third-order valence-electron chi connectivity index (χ3n) is 3.47. The van der Waals surface area contributed by atoms with Gasteiger partial charge in [-0.15, -0.1) is 0 Å². The molecule has 1 N–H and O–H groups in total. The van der Waals surface area contributed by atoms with E-state index in [9.17, 15) is 13.2 Å². The maximum Gasteiger partial charge on any atom is 0.416 e. The van der Waals surface area contributed by atoms with Crippen molar-refractivity contribution in [1.29, 1.82) is 0 Å². The van der Waals surface area contributed by atoms with Crippen molar-refractivity contribution in [2.75, 3.05) is 25.1 Å². The Morgan fingerprint density at radius 3 is 2.73 bits per heavy atom. The molecular weight excluding hydrogens is 317 g/mol. The van der Waals surface area contributed by atoms with Crippen molar-refractivity contribution < 1.29 is 22.6 Å². The molecule has 22 heavy (non-hydrogen) atoms. The van der Waals surface area contributed by atoms with Gasteiger partial charge in [-0.25, -0.2) is 4.98 Å². The molecule has 8 heteroatoms. The number of anilines is 1. The van der Waals surface area contributed by atoms with Gasteiger partial charge in [0.05, 0.1) is 29.0 Å². The van der Waals surface area contributed by atoms with E-state index in [0.29, 0.717) is 36.8 Å². The minimum Gasteiger partial charge on any atom is -0.361 e. The summed E-state index contributed by atoms with van der Waals surface area (Å²) in [6.07, 6.45) is -3.71. The SMILES string of the molecule is CC1(CCNc2nc3cc(C(F)(F)F)ccc3s2)OCCO1. The average molecular weight is 332 g/mol. The van der Waals surface area contributed by atoms with E-state index in [2.05, 4.69) is 10.3 Å². The second kappa shape index (κ2) is 5.68. The number of hydrogen-bond acceptors (Lipinski definition) is 5. The molecule has 0 spiro atoms. The normalized spacial score (nSPS) is 18.0. The Morgan fingerprint density at radius 2 is 2.05 bits per heavy atom. The number of rotatable bonds is 4. The van der Waals surface area contributed by atoms with Crippen molar-refractivity contribution in [2.45, 2.75) is 25.3 Å². The molecule has 0 bridgehead atoms. The highest BCUT2D eigenvalue weighted by atomic mass is 32.1. The number of halogens is 3. The van der Waals surface area contributed by atoms with E-state index in [4.69, 9.17) is 9.47 Å². The number of nitrogens with zero attached hydrogens (tertiary/aromatic N) is 1. The van der Waals surface area contributed by atoms with Crippen LogP contribution in [0.1, 0.15) is 18.9 Å². The first-order valence-electron chi connectivity index (χ1n) is 6.85. The summed E-state index contributed by atoms with van der Waals surface area (Å²) in [4.78, 5) is 4.20. The molecule has 0 saturated carbocycles. The van der Waals surface area contributed by atoms with E-state index < -0.39 is 17.5 Å². The maximum absolute atomic E-state index is 12.7. The van der Waals surface area contributed by atoms with E-state index in [1.165, 1.54) is 17.4 Å². The molecule has 4 nitrogen and oxygen atoms in total. The quantitative estimate of drug-likeness (QED) is 0.923. The molecular formula is C14H15F3N2O2S. The summed E-state index contributed by atoms with van der Waals surface area (Å²) in [5.74, 6) is -0.590. The number of ether oxygens (including phenoxy) is 2. The highest BCUT2D eigenvalue weighted by Gasteiger charge is 2.31. The zero-order chi connectivity index (χ0) is 15.8. The fraction of sp³-hybridized carbons (Fsp3) is 0.500. The second-order valence-corrected chi connectivity index (χ2v) is 6.24. The van der Waals surface area contributed by atoms with Crippen molar-refractivity contribution in [1.82, 2.24) is 4.98 Å². The number of alkyl halides is 3. The molecule has 120 valence electrons. The Hall–Kier alpha value is -1.38. The third-order valence-corrected chi connectivity index (χ3v) is 4.46. The highest BCUT2D eigenvalue weighted by Crippen LogP contribution is 2.34. The number of aromatic nitrogens is 1.